The third kappa shape index (κ3) is 5.45. The van der Waals surface area contributed by atoms with Crippen molar-refractivity contribution in [3.8, 4) is 28.6 Å². The molecule has 1 amide bonds. The zero-order chi connectivity index (χ0) is 29.0. The summed E-state index contributed by atoms with van der Waals surface area (Å²) in [5, 5.41) is 32.2. The van der Waals surface area contributed by atoms with Crippen LogP contribution in [0, 0.1) is 17.3 Å². The molecule has 0 saturated carbocycles. The standard InChI is InChI=1S/C31H30FN3O5/c1-4-26(38)28-24-14-23(20-7-6-8-21(13-20)30(39)34-31(3,16-36)17-37)25(35(5-2)18-33)15-27(24)40-29(28)19-9-11-22(32)12-10-19/h6-15,36-37H,4-5,16-17H2,1-3H3,(H,34,39). The fourth-order valence-corrected chi connectivity index (χ4v) is 4.44. The number of nitriles is 1. The number of amides is 1. The molecule has 0 fully saturated rings. The number of carbonyl (C=O) groups excluding carboxylic acids is 2. The Morgan fingerprint density at radius 2 is 1.75 bits per heavy atom. The Bertz CT molecular complexity index is 1600. The average molecular weight is 544 g/mol. The van der Waals surface area contributed by atoms with Crippen molar-refractivity contribution in [2.24, 2.45) is 0 Å². The van der Waals surface area contributed by atoms with Gasteiger partial charge in [-0.2, -0.15) is 5.26 Å². The smallest absolute Gasteiger partial charge is 0.251 e. The lowest BCUT2D eigenvalue weighted by Crippen LogP contribution is -2.51. The van der Waals surface area contributed by atoms with Crippen molar-refractivity contribution in [3.63, 3.8) is 0 Å². The number of anilines is 1. The topological polar surface area (TPSA) is 127 Å². The van der Waals surface area contributed by atoms with Gasteiger partial charge in [0.25, 0.3) is 5.91 Å². The number of nitrogens with zero attached hydrogens (tertiary/aromatic N) is 2. The summed E-state index contributed by atoms with van der Waals surface area (Å²) in [6, 6.07) is 15.9. The average Bonchev–Trinajstić information content (AvgIpc) is 3.35. The summed E-state index contributed by atoms with van der Waals surface area (Å²) in [5.74, 6) is -0.760. The minimum Gasteiger partial charge on any atom is -0.455 e. The van der Waals surface area contributed by atoms with Crippen LogP contribution >= 0.6 is 0 Å². The van der Waals surface area contributed by atoms with Crippen molar-refractivity contribution in [1.29, 1.82) is 5.26 Å². The van der Waals surface area contributed by atoms with E-state index in [1.165, 1.54) is 24.0 Å². The molecule has 0 aliphatic rings. The van der Waals surface area contributed by atoms with Crippen LogP contribution in [0.2, 0.25) is 0 Å². The van der Waals surface area contributed by atoms with Crippen LogP contribution in [-0.2, 0) is 0 Å². The summed E-state index contributed by atoms with van der Waals surface area (Å²) in [7, 11) is 0. The lowest BCUT2D eigenvalue weighted by atomic mass is 9.95. The fraction of sp³-hybridized carbons (Fsp3) is 0.258. The van der Waals surface area contributed by atoms with Gasteiger partial charge in [0.2, 0.25) is 0 Å². The first kappa shape index (κ1) is 28.5. The van der Waals surface area contributed by atoms with E-state index in [1.54, 1.807) is 55.5 Å². The normalized spacial score (nSPS) is 11.3. The largest absolute Gasteiger partial charge is 0.455 e. The van der Waals surface area contributed by atoms with Crippen molar-refractivity contribution in [2.75, 3.05) is 24.7 Å². The lowest BCUT2D eigenvalue weighted by Gasteiger charge is -2.26. The maximum Gasteiger partial charge on any atom is 0.251 e. The molecule has 1 aromatic heterocycles. The van der Waals surface area contributed by atoms with Crippen molar-refractivity contribution in [2.45, 2.75) is 32.7 Å². The van der Waals surface area contributed by atoms with Crippen molar-refractivity contribution >= 4 is 28.3 Å². The minimum atomic E-state index is -1.21. The van der Waals surface area contributed by atoms with E-state index >= 15 is 0 Å². The number of hydrogen-bond donors (Lipinski definition) is 3. The van der Waals surface area contributed by atoms with Gasteiger partial charge in [0.1, 0.15) is 17.2 Å². The molecule has 8 nitrogen and oxygen atoms in total. The van der Waals surface area contributed by atoms with E-state index in [0.29, 0.717) is 51.2 Å². The van der Waals surface area contributed by atoms with Gasteiger partial charge in [-0.15, -0.1) is 0 Å². The molecule has 3 aromatic carbocycles. The Balaban J connectivity index is 1.95. The molecular weight excluding hydrogens is 513 g/mol. The number of Topliss-reactive ketones (excluding diaryl/α,β-unsaturated/α-hetero) is 1. The van der Waals surface area contributed by atoms with Crippen LogP contribution in [0.25, 0.3) is 33.4 Å². The first-order valence-electron chi connectivity index (χ1n) is 12.9. The first-order valence-corrected chi connectivity index (χ1v) is 12.9. The number of halogens is 1. The van der Waals surface area contributed by atoms with Gasteiger partial charge in [-0.05, 0) is 61.9 Å². The second-order valence-electron chi connectivity index (χ2n) is 9.71. The Hall–Kier alpha value is -4.52. The summed E-state index contributed by atoms with van der Waals surface area (Å²) in [6.45, 7) is 4.55. The second kappa shape index (κ2) is 11.7. The summed E-state index contributed by atoms with van der Waals surface area (Å²) < 4.78 is 19.8. The number of furan rings is 1. The fourth-order valence-electron chi connectivity index (χ4n) is 4.44. The predicted molar refractivity (Wildman–Crippen MR) is 150 cm³/mol. The van der Waals surface area contributed by atoms with Gasteiger partial charge in [0.05, 0.1) is 30.0 Å². The van der Waals surface area contributed by atoms with E-state index in [1.807, 2.05) is 6.92 Å². The molecule has 4 aromatic rings. The molecule has 206 valence electrons. The molecule has 0 atom stereocenters. The minimum absolute atomic E-state index is 0.162. The summed E-state index contributed by atoms with van der Waals surface area (Å²) in [6.07, 6.45) is 2.38. The van der Waals surface area contributed by atoms with Crippen LogP contribution in [0.3, 0.4) is 0 Å². The molecule has 0 saturated heterocycles. The van der Waals surface area contributed by atoms with Gasteiger partial charge in [-0.1, -0.05) is 19.1 Å². The molecule has 0 unspecified atom stereocenters. The third-order valence-electron chi connectivity index (χ3n) is 6.79. The number of hydrogen-bond acceptors (Lipinski definition) is 7. The Morgan fingerprint density at radius 1 is 1.05 bits per heavy atom. The summed E-state index contributed by atoms with van der Waals surface area (Å²) in [4.78, 5) is 27.6. The third-order valence-corrected chi connectivity index (χ3v) is 6.79. The maximum absolute atomic E-state index is 13.6. The Morgan fingerprint density at radius 3 is 2.35 bits per heavy atom. The van der Waals surface area contributed by atoms with Crippen LogP contribution in [-0.4, -0.2) is 47.2 Å². The zero-order valence-corrected chi connectivity index (χ0v) is 22.5. The zero-order valence-electron chi connectivity index (χ0n) is 22.5. The highest BCUT2D eigenvalue weighted by Crippen LogP contribution is 2.41. The quantitative estimate of drug-likeness (QED) is 0.141. The van der Waals surface area contributed by atoms with Crippen LogP contribution in [0.5, 0.6) is 0 Å². The number of ketones is 1. The molecular formula is C31H30FN3O5. The predicted octanol–water partition coefficient (Wildman–Crippen LogP) is 5.28. The number of aliphatic hydroxyl groups is 2. The second-order valence-corrected chi connectivity index (χ2v) is 9.71. The lowest BCUT2D eigenvalue weighted by molar-refractivity contribution is 0.0724. The van der Waals surface area contributed by atoms with Crippen LogP contribution < -0.4 is 10.2 Å². The highest BCUT2D eigenvalue weighted by molar-refractivity contribution is 6.13. The monoisotopic (exact) mass is 543 g/mol. The molecule has 9 heteroatoms. The highest BCUT2D eigenvalue weighted by Gasteiger charge is 2.27. The van der Waals surface area contributed by atoms with Gasteiger partial charge in [0.15, 0.2) is 12.0 Å². The molecule has 0 radical (unpaired) electrons. The molecule has 0 spiro atoms. The number of rotatable bonds is 10. The van der Waals surface area contributed by atoms with Gasteiger partial charge in [-0.3, -0.25) is 14.5 Å². The molecule has 40 heavy (non-hydrogen) atoms. The van der Waals surface area contributed by atoms with E-state index in [-0.39, 0.29) is 17.8 Å². The van der Waals surface area contributed by atoms with Gasteiger partial charge >= 0.3 is 0 Å². The number of fused-ring (bicyclic) bond motifs is 1. The SMILES string of the molecule is CCC(=O)c1c(-c2ccc(F)cc2)oc2cc(N(C#N)CC)c(-c3cccc(C(=O)NC(C)(CO)CO)c3)cc12. The van der Waals surface area contributed by atoms with Crippen molar-refractivity contribution in [3.05, 3.63) is 77.6 Å². The number of carbonyl (C=O) groups is 2. The van der Waals surface area contributed by atoms with E-state index < -0.39 is 30.5 Å². The summed E-state index contributed by atoms with van der Waals surface area (Å²) in [5.41, 5.74) is 2.06. The van der Waals surface area contributed by atoms with Crippen molar-refractivity contribution < 1.29 is 28.6 Å². The van der Waals surface area contributed by atoms with Crippen molar-refractivity contribution in [1.82, 2.24) is 5.32 Å². The van der Waals surface area contributed by atoms with Crippen LogP contribution in [0.1, 0.15) is 47.9 Å². The number of aliphatic hydroxyl groups excluding tert-OH is 2. The molecule has 0 aliphatic heterocycles. The van der Waals surface area contributed by atoms with Gasteiger partial charge in [0, 0.05) is 41.1 Å². The molecule has 0 aliphatic carbocycles. The van der Waals surface area contributed by atoms with E-state index in [0.717, 1.165) is 0 Å². The van der Waals surface area contributed by atoms with E-state index in [4.69, 9.17) is 4.42 Å². The van der Waals surface area contributed by atoms with Crippen LogP contribution in [0.4, 0.5) is 10.1 Å². The van der Waals surface area contributed by atoms with Crippen LogP contribution in [0.15, 0.2) is 65.1 Å². The molecule has 3 N–H and O–H groups in total. The molecule has 0 bridgehead atoms. The summed E-state index contributed by atoms with van der Waals surface area (Å²) >= 11 is 0. The maximum atomic E-state index is 13.6. The first-order chi connectivity index (χ1) is 19.2. The molecule has 4 rings (SSSR count). The van der Waals surface area contributed by atoms with E-state index in [9.17, 15) is 29.5 Å². The molecule has 1 heterocycles. The number of benzene rings is 3. The van der Waals surface area contributed by atoms with Gasteiger partial charge in [-0.25, -0.2) is 4.39 Å². The number of nitrogens with one attached hydrogen (secondary N) is 1. The van der Waals surface area contributed by atoms with E-state index in [2.05, 4.69) is 11.5 Å². The highest BCUT2D eigenvalue weighted by atomic mass is 19.1. The Kier molecular flexibility index (Phi) is 8.33. The van der Waals surface area contributed by atoms with Gasteiger partial charge < -0.3 is 19.9 Å². The Labute approximate surface area is 231 Å².